The molecule has 0 aliphatic carbocycles. The van der Waals surface area contributed by atoms with Gasteiger partial charge in [-0.3, -0.25) is 0 Å². The average molecular weight is 383 g/mol. The molecule has 21 heavy (non-hydrogen) atoms. The Morgan fingerprint density at radius 3 is 2.24 bits per heavy atom. The Kier molecular flexibility index (Phi) is 9.50. The van der Waals surface area contributed by atoms with Gasteiger partial charge in [0.05, 0.1) is 38.1 Å². The van der Waals surface area contributed by atoms with Crippen LogP contribution in [-0.2, 0) is 26.8 Å². The van der Waals surface area contributed by atoms with Crippen molar-refractivity contribution in [3.05, 3.63) is 24.5 Å². The molecule has 0 unspecified atom stereocenters. The number of hydrogen-bond donors (Lipinski definition) is 0. The Morgan fingerprint density at radius 1 is 1.10 bits per heavy atom. The van der Waals surface area contributed by atoms with Crippen LogP contribution in [0.15, 0.2) is 29.4 Å². The second-order valence-corrected chi connectivity index (χ2v) is 6.71. The molecule has 8 nitrogen and oxygen atoms in total. The summed E-state index contributed by atoms with van der Waals surface area (Å²) in [6.07, 6.45) is 1.27. The summed E-state index contributed by atoms with van der Waals surface area (Å²) in [6, 6.07) is 3.55. The van der Waals surface area contributed by atoms with Crippen molar-refractivity contribution >= 4 is 31.3 Å². The minimum atomic E-state index is -4.60. The van der Waals surface area contributed by atoms with Crippen LogP contribution in [0, 0.1) is 0 Å². The summed E-state index contributed by atoms with van der Waals surface area (Å²) in [5.41, 5.74) is 0.677. The fourth-order valence-electron chi connectivity index (χ4n) is 1.58. The third-order valence-electron chi connectivity index (χ3n) is 2.46. The first-order chi connectivity index (χ1) is 8.67. The van der Waals surface area contributed by atoms with E-state index in [1.807, 2.05) is 0 Å². The predicted molar refractivity (Wildman–Crippen MR) is 62.3 cm³/mol. The number of nitrogens with zero attached hydrogens (tertiary/aromatic N) is 2. The van der Waals surface area contributed by atoms with Crippen LogP contribution in [0.1, 0.15) is 0 Å². The Labute approximate surface area is 207 Å². The third-order valence-corrected chi connectivity index (χ3v) is 3.98. The zero-order valence-electron chi connectivity index (χ0n) is 11.4. The van der Waals surface area contributed by atoms with Gasteiger partial charge in [-0.15, -0.1) is 0 Å². The van der Waals surface area contributed by atoms with Gasteiger partial charge in [-0.2, -0.15) is 0 Å². The molecule has 0 fully saturated rings. The molecule has 1 heterocycles. The van der Waals surface area contributed by atoms with E-state index in [0.29, 0.717) is 5.52 Å². The summed E-state index contributed by atoms with van der Waals surface area (Å²) in [4.78, 5) is 3.47. The zero-order chi connectivity index (χ0) is 14.3. The molecule has 0 amide bonds. The number of benzene rings is 1. The van der Waals surface area contributed by atoms with Crippen LogP contribution >= 0.6 is 0 Å². The monoisotopic (exact) mass is 382 g/mol. The van der Waals surface area contributed by atoms with Crippen LogP contribution in [0.25, 0.3) is 11.0 Å². The molecule has 0 radical (unpaired) electrons. The molecule has 0 aliphatic heterocycles. The van der Waals surface area contributed by atoms with E-state index < -0.39 is 30.9 Å². The van der Waals surface area contributed by atoms with Crippen LogP contribution in [0.2, 0.25) is 0 Å². The topological polar surface area (TPSA) is 132 Å². The first-order valence-corrected chi connectivity index (χ1v) is 8.00. The van der Waals surface area contributed by atoms with Crippen LogP contribution < -0.4 is 103 Å². The summed E-state index contributed by atoms with van der Waals surface area (Å²) >= 11 is 0. The molecule has 1 aromatic heterocycles. The third kappa shape index (κ3) is 6.66. The summed E-state index contributed by atoms with van der Waals surface area (Å²) in [5, 5.41) is 0. The predicted octanol–water partition coefficient (Wildman–Crippen LogP) is -6.51. The van der Waals surface area contributed by atoms with Crippen molar-refractivity contribution in [2.45, 2.75) is 11.4 Å². The van der Waals surface area contributed by atoms with Crippen molar-refractivity contribution in [3.63, 3.8) is 0 Å². The van der Waals surface area contributed by atoms with Gasteiger partial charge in [-0.05, 0) is 18.2 Å². The molecule has 0 aliphatic rings. The van der Waals surface area contributed by atoms with Gasteiger partial charge < -0.3 is 13.7 Å². The van der Waals surface area contributed by atoms with E-state index in [0.717, 1.165) is 12.1 Å². The maximum Gasteiger partial charge on any atom is 1.00 e. The largest absolute Gasteiger partial charge is 1.00 e. The SMILES string of the molecule is O=S(=O)([O-])CCn1cnc2ccc(S(=O)(=O)[O-])cc21.[K+].[K+]. The Morgan fingerprint density at radius 2 is 1.71 bits per heavy atom. The van der Waals surface area contributed by atoms with Crippen molar-refractivity contribution in [2.75, 3.05) is 5.75 Å². The maximum absolute atomic E-state index is 10.9. The summed E-state index contributed by atoms with van der Waals surface area (Å²) in [7, 11) is -8.99. The number of aryl methyl sites for hydroxylation is 1. The van der Waals surface area contributed by atoms with Gasteiger partial charge in [0.15, 0.2) is 0 Å². The Balaban J connectivity index is 0.00000200. The normalized spacial score (nSPS) is 11.7. The first-order valence-electron chi connectivity index (χ1n) is 5.01. The van der Waals surface area contributed by atoms with E-state index in [9.17, 15) is 25.9 Å². The molecule has 0 N–H and O–H groups in total. The number of aromatic nitrogens is 2. The Hall–Kier alpha value is 1.78. The molecule has 2 rings (SSSR count). The second kappa shape index (κ2) is 8.75. The van der Waals surface area contributed by atoms with E-state index in [1.54, 1.807) is 0 Å². The van der Waals surface area contributed by atoms with Gasteiger partial charge in [0.1, 0.15) is 10.1 Å². The molecule has 12 heteroatoms. The molecular formula is C9H8K2N2O6S2. The second-order valence-electron chi connectivity index (χ2n) is 3.80. The van der Waals surface area contributed by atoms with E-state index >= 15 is 0 Å². The van der Waals surface area contributed by atoms with Gasteiger partial charge in [0, 0.05) is 6.54 Å². The standard InChI is InChI=1S/C9H10N2O6S2.2K/c12-18(13,14)4-3-11-6-10-8-2-1-7(5-9(8)11)19(15,16)17;;/h1-2,5-6H,3-4H2,(H,12,13,14)(H,15,16,17);;/q;2*+1/p-2. The van der Waals surface area contributed by atoms with Gasteiger partial charge >= 0.3 is 103 Å². The molecular weight excluding hydrogens is 374 g/mol. The molecule has 0 saturated heterocycles. The smallest absolute Gasteiger partial charge is 0.748 e. The number of imidazole rings is 1. The molecule has 0 spiro atoms. The number of hydrogen-bond acceptors (Lipinski definition) is 7. The van der Waals surface area contributed by atoms with Crippen molar-refractivity contribution in [1.29, 1.82) is 0 Å². The van der Waals surface area contributed by atoms with Gasteiger partial charge in [-0.25, -0.2) is 21.8 Å². The summed E-state index contributed by atoms with van der Waals surface area (Å²) in [6.45, 7) is -0.162. The van der Waals surface area contributed by atoms with Gasteiger partial charge in [0.25, 0.3) is 0 Å². The number of fused-ring (bicyclic) bond motifs is 1. The van der Waals surface area contributed by atoms with E-state index in [1.165, 1.54) is 17.0 Å². The van der Waals surface area contributed by atoms with Gasteiger partial charge in [-0.1, -0.05) is 0 Å². The quantitative estimate of drug-likeness (QED) is 0.379. The van der Waals surface area contributed by atoms with Gasteiger partial charge in [0.2, 0.25) is 0 Å². The van der Waals surface area contributed by atoms with Crippen molar-refractivity contribution < 1.29 is 129 Å². The summed E-state index contributed by atoms with van der Waals surface area (Å²) < 4.78 is 65.7. The van der Waals surface area contributed by atoms with Crippen LogP contribution in [-0.4, -0.2) is 41.2 Å². The maximum atomic E-state index is 10.9. The van der Waals surface area contributed by atoms with Crippen molar-refractivity contribution in [3.8, 4) is 0 Å². The zero-order valence-corrected chi connectivity index (χ0v) is 19.3. The van der Waals surface area contributed by atoms with E-state index in [-0.39, 0.29) is 115 Å². The molecule has 104 valence electrons. The van der Waals surface area contributed by atoms with Crippen LogP contribution in [0.4, 0.5) is 0 Å². The van der Waals surface area contributed by atoms with Crippen molar-refractivity contribution in [1.82, 2.24) is 9.55 Å². The number of rotatable bonds is 4. The molecule has 0 atom stereocenters. The van der Waals surface area contributed by atoms with Crippen molar-refractivity contribution in [2.24, 2.45) is 0 Å². The Bertz CT molecular complexity index is 831. The minimum Gasteiger partial charge on any atom is -0.748 e. The molecule has 1 aromatic carbocycles. The van der Waals surface area contributed by atoms with Crippen LogP contribution in [0.3, 0.4) is 0 Å². The fraction of sp³-hybridized carbons (Fsp3) is 0.222. The molecule has 2 aromatic rings. The van der Waals surface area contributed by atoms with E-state index in [4.69, 9.17) is 0 Å². The fourth-order valence-corrected chi connectivity index (χ4v) is 2.49. The first kappa shape index (κ1) is 22.8. The molecule has 0 saturated carbocycles. The minimum absolute atomic E-state index is 0. The van der Waals surface area contributed by atoms with E-state index in [2.05, 4.69) is 4.98 Å². The molecule has 0 bridgehead atoms. The summed E-state index contributed by atoms with van der Waals surface area (Å²) in [5.74, 6) is -0.646. The van der Waals surface area contributed by atoms with Crippen LogP contribution in [0.5, 0.6) is 0 Å². The average Bonchev–Trinajstić information content (AvgIpc) is 2.66.